The molecule has 2 heterocycles. The molecule has 2 aliphatic rings. The first kappa shape index (κ1) is 14.6. The van der Waals surface area contributed by atoms with Crippen molar-refractivity contribution in [3.8, 4) is 5.75 Å². The van der Waals surface area contributed by atoms with E-state index in [1.807, 2.05) is 18.2 Å². The molecule has 0 bridgehead atoms. The molecule has 2 aliphatic heterocycles. The van der Waals surface area contributed by atoms with Crippen molar-refractivity contribution in [1.29, 1.82) is 0 Å². The quantitative estimate of drug-likeness (QED) is 0.611. The number of hydrogen-bond donors (Lipinski definition) is 4. The molecule has 0 radical (unpaired) electrons. The van der Waals surface area contributed by atoms with Gasteiger partial charge in [0.25, 0.3) is 0 Å². The summed E-state index contributed by atoms with van der Waals surface area (Å²) < 4.78 is 5.57. The Kier molecular flexibility index (Phi) is 4.57. The second-order valence-electron chi connectivity index (χ2n) is 5.58. The van der Waals surface area contributed by atoms with Crippen LogP contribution in [-0.2, 0) is 6.42 Å². The van der Waals surface area contributed by atoms with Crippen LogP contribution >= 0.6 is 12.2 Å². The van der Waals surface area contributed by atoms with Crippen molar-refractivity contribution >= 4 is 23.0 Å². The Bertz CT molecular complexity index is 522. The highest BCUT2D eigenvalue weighted by Gasteiger charge is 2.21. The predicted molar refractivity (Wildman–Crippen MR) is 88.9 cm³/mol. The van der Waals surface area contributed by atoms with E-state index in [4.69, 9.17) is 22.7 Å². The third-order valence-electron chi connectivity index (χ3n) is 4.11. The summed E-state index contributed by atoms with van der Waals surface area (Å²) in [6.45, 7) is 2.69. The molecule has 1 fully saturated rings. The molecule has 3 rings (SSSR count). The highest BCUT2D eigenvalue weighted by Crippen LogP contribution is 2.31. The van der Waals surface area contributed by atoms with Crippen LogP contribution in [-0.4, -0.2) is 36.9 Å². The lowest BCUT2D eigenvalue weighted by atomic mass is 10.0. The van der Waals surface area contributed by atoms with Crippen LogP contribution in [0.3, 0.4) is 0 Å². The van der Waals surface area contributed by atoms with E-state index in [2.05, 4.69) is 16.0 Å². The molecule has 0 aliphatic carbocycles. The molecule has 1 saturated heterocycles. The number of fused-ring (bicyclic) bond motifs is 1. The average molecular weight is 306 g/mol. The molecule has 1 aromatic carbocycles. The van der Waals surface area contributed by atoms with Crippen molar-refractivity contribution in [3.05, 3.63) is 23.8 Å². The minimum absolute atomic E-state index is 0.129. The van der Waals surface area contributed by atoms with Crippen LogP contribution in [0.1, 0.15) is 18.4 Å². The first-order valence-electron chi connectivity index (χ1n) is 7.52. The Morgan fingerprint density at radius 1 is 1.33 bits per heavy atom. The monoisotopic (exact) mass is 306 g/mol. The van der Waals surface area contributed by atoms with Gasteiger partial charge in [0.1, 0.15) is 5.75 Å². The third-order valence-corrected chi connectivity index (χ3v) is 4.33. The third kappa shape index (κ3) is 3.45. The summed E-state index contributed by atoms with van der Waals surface area (Å²) in [4.78, 5) is 0. The lowest BCUT2D eigenvalue weighted by molar-refractivity contribution is 0.357. The summed E-state index contributed by atoms with van der Waals surface area (Å²) in [6, 6.07) is 6.36. The van der Waals surface area contributed by atoms with Crippen LogP contribution in [0.25, 0.3) is 0 Å². The van der Waals surface area contributed by atoms with Crippen LogP contribution in [0, 0.1) is 0 Å². The second-order valence-corrected chi connectivity index (χ2v) is 5.99. The first-order chi connectivity index (χ1) is 10.2. The Hall–Kier alpha value is -1.37. The summed E-state index contributed by atoms with van der Waals surface area (Å²) in [5, 5.41) is 10.7. The average Bonchev–Trinajstić information content (AvgIpc) is 2.86. The van der Waals surface area contributed by atoms with Crippen LogP contribution < -0.4 is 26.4 Å². The normalized spacial score (nSPS) is 24.6. The van der Waals surface area contributed by atoms with Gasteiger partial charge in [0.15, 0.2) is 5.11 Å². The molecule has 5 N–H and O–H groups in total. The van der Waals surface area contributed by atoms with Gasteiger partial charge in [-0.3, -0.25) is 0 Å². The summed E-state index contributed by atoms with van der Waals surface area (Å²) in [5.41, 5.74) is 8.43. The molecule has 21 heavy (non-hydrogen) atoms. The fourth-order valence-corrected chi connectivity index (χ4v) is 3.17. The zero-order valence-corrected chi connectivity index (χ0v) is 12.8. The van der Waals surface area contributed by atoms with Crippen molar-refractivity contribution in [2.75, 3.05) is 25.0 Å². The number of rotatable bonds is 2. The Morgan fingerprint density at radius 3 is 3.10 bits per heavy atom. The van der Waals surface area contributed by atoms with Gasteiger partial charge in [-0.25, -0.2) is 0 Å². The van der Waals surface area contributed by atoms with Gasteiger partial charge in [0, 0.05) is 29.8 Å². The largest absolute Gasteiger partial charge is 0.493 e. The van der Waals surface area contributed by atoms with E-state index in [0.29, 0.717) is 5.11 Å². The predicted octanol–water partition coefficient (Wildman–Crippen LogP) is 0.987. The lowest BCUT2D eigenvalue weighted by Gasteiger charge is -2.24. The number of nitrogens with one attached hydrogen (secondary N) is 3. The van der Waals surface area contributed by atoms with Crippen molar-refractivity contribution in [1.82, 2.24) is 10.6 Å². The van der Waals surface area contributed by atoms with Crippen LogP contribution in [0.2, 0.25) is 0 Å². The standard InChI is InChI=1S/C15H22N4OS/c16-11-4-7-17-8-5-13(11)19-15(21)18-12-2-1-3-14-10(12)6-9-20-14/h1-3,11,13,17H,4-9,16H2,(H2,18,19,21). The number of anilines is 1. The number of nitrogens with two attached hydrogens (primary N) is 1. The molecule has 0 aromatic heterocycles. The Labute approximate surface area is 130 Å². The number of benzene rings is 1. The summed E-state index contributed by atoms with van der Waals surface area (Å²) in [7, 11) is 0. The van der Waals surface area contributed by atoms with Gasteiger partial charge in [-0.2, -0.15) is 0 Å². The molecular weight excluding hydrogens is 284 g/mol. The fraction of sp³-hybridized carbons (Fsp3) is 0.533. The minimum atomic E-state index is 0.129. The van der Waals surface area contributed by atoms with Crippen molar-refractivity contribution in [2.24, 2.45) is 5.73 Å². The topological polar surface area (TPSA) is 71.3 Å². The summed E-state index contributed by atoms with van der Waals surface area (Å²) in [6.07, 6.45) is 2.88. The molecule has 0 saturated carbocycles. The van der Waals surface area contributed by atoms with E-state index in [0.717, 1.165) is 50.4 Å². The van der Waals surface area contributed by atoms with E-state index < -0.39 is 0 Å². The van der Waals surface area contributed by atoms with Gasteiger partial charge in [0.2, 0.25) is 0 Å². The zero-order valence-electron chi connectivity index (χ0n) is 12.0. The van der Waals surface area contributed by atoms with Crippen LogP contribution in [0.5, 0.6) is 5.75 Å². The Morgan fingerprint density at radius 2 is 2.19 bits per heavy atom. The molecule has 5 nitrogen and oxygen atoms in total. The number of ether oxygens (including phenoxy) is 1. The number of hydrogen-bond acceptors (Lipinski definition) is 4. The van der Waals surface area contributed by atoms with Gasteiger partial charge < -0.3 is 26.4 Å². The highest BCUT2D eigenvalue weighted by molar-refractivity contribution is 7.80. The molecule has 0 amide bonds. The maximum Gasteiger partial charge on any atom is 0.171 e. The maximum atomic E-state index is 6.20. The van der Waals surface area contributed by atoms with E-state index in [-0.39, 0.29) is 12.1 Å². The van der Waals surface area contributed by atoms with E-state index in [9.17, 15) is 0 Å². The highest BCUT2D eigenvalue weighted by atomic mass is 32.1. The van der Waals surface area contributed by atoms with Gasteiger partial charge in [0.05, 0.1) is 6.61 Å². The van der Waals surface area contributed by atoms with Gasteiger partial charge in [-0.1, -0.05) is 6.07 Å². The van der Waals surface area contributed by atoms with E-state index >= 15 is 0 Å². The summed E-state index contributed by atoms with van der Waals surface area (Å²) >= 11 is 5.45. The second kappa shape index (κ2) is 6.60. The van der Waals surface area contributed by atoms with E-state index in [1.165, 1.54) is 5.56 Å². The summed E-state index contributed by atoms with van der Waals surface area (Å²) in [5.74, 6) is 0.957. The molecule has 114 valence electrons. The Balaban J connectivity index is 1.63. The SMILES string of the molecule is NC1CCNCCC1NC(=S)Nc1cccc2c1CCO2. The number of thiocarbonyl (C=S) groups is 1. The fourth-order valence-electron chi connectivity index (χ4n) is 2.91. The lowest BCUT2D eigenvalue weighted by Crippen LogP contribution is -2.48. The van der Waals surface area contributed by atoms with Crippen molar-refractivity contribution in [3.63, 3.8) is 0 Å². The smallest absolute Gasteiger partial charge is 0.171 e. The van der Waals surface area contributed by atoms with Gasteiger partial charge in [-0.05, 0) is 50.3 Å². The van der Waals surface area contributed by atoms with Gasteiger partial charge in [-0.15, -0.1) is 0 Å². The molecule has 1 aromatic rings. The zero-order chi connectivity index (χ0) is 14.7. The van der Waals surface area contributed by atoms with Crippen LogP contribution in [0.15, 0.2) is 18.2 Å². The maximum absolute atomic E-state index is 6.20. The van der Waals surface area contributed by atoms with Crippen molar-refractivity contribution < 1.29 is 4.74 Å². The first-order valence-corrected chi connectivity index (χ1v) is 7.93. The molecule has 6 heteroatoms. The van der Waals surface area contributed by atoms with Gasteiger partial charge >= 0.3 is 0 Å². The molecule has 2 unspecified atom stereocenters. The van der Waals surface area contributed by atoms with E-state index in [1.54, 1.807) is 0 Å². The molecule has 0 spiro atoms. The molecular formula is C15H22N4OS. The minimum Gasteiger partial charge on any atom is -0.493 e. The molecule has 2 atom stereocenters. The van der Waals surface area contributed by atoms with Crippen LogP contribution in [0.4, 0.5) is 5.69 Å². The van der Waals surface area contributed by atoms with Crippen molar-refractivity contribution in [2.45, 2.75) is 31.3 Å².